The summed E-state index contributed by atoms with van der Waals surface area (Å²) >= 11 is 0. The fourth-order valence-electron chi connectivity index (χ4n) is 2.96. The van der Waals surface area contributed by atoms with Gasteiger partial charge in [0.15, 0.2) is 0 Å². The zero-order valence-corrected chi connectivity index (χ0v) is 14.3. The molecule has 5 N–H and O–H groups in total. The summed E-state index contributed by atoms with van der Waals surface area (Å²) in [6, 6.07) is 8.30. The van der Waals surface area contributed by atoms with Crippen molar-refractivity contribution in [1.29, 1.82) is 0 Å². The second-order valence-electron chi connectivity index (χ2n) is 6.37. The Labute approximate surface area is 147 Å². The topological polar surface area (TPSA) is 113 Å². The molecule has 4 amide bonds. The van der Waals surface area contributed by atoms with E-state index >= 15 is 0 Å². The van der Waals surface area contributed by atoms with E-state index in [0.717, 1.165) is 31.2 Å². The molecule has 0 saturated heterocycles. The number of carbonyl (C=O) groups is 3. The van der Waals surface area contributed by atoms with Crippen LogP contribution in [-0.2, 0) is 16.0 Å². The third-order valence-electron chi connectivity index (χ3n) is 4.31. The molecular weight excluding hydrogens is 320 g/mol. The number of carbonyl (C=O) groups excluding carboxylic acids is 3. The number of rotatable bonds is 7. The molecule has 7 heteroatoms. The second kappa shape index (κ2) is 9.66. The molecule has 0 spiro atoms. The first-order valence-electron chi connectivity index (χ1n) is 8.71. The zero-order chi connectivity index (χ0) is 18.1. The summed E-state index contributed by atoms with van der Waals surface area (Å²) in [4.78, 5) is 35.4. The Kier molecular flexibility index (Phi) is 7.25. The molecule has 0 radical (unpaired) electrons. The molecule has 7 nitrogen and oxygen atoms in total. The van der Waals surface area contributed by atoms with Gasteiger partial charge in [-0.2, -0.15) is 0 Å². The first-order chi connectivity index (χ1) is 12.0. The average Bonchev–Trinajstić information content (AvgIpc) is 2.61. The van der Waals surface area contributed by atoms with Crippen molar-refractivity contribution in [2.24, 2.45) is 5.73 Å². The molecule has 1 fully saturated rings. The van der Waals surface area contributed by atoms with Gasteiger partial charge < -0.3 is 21.7 Å². The Morgan fingerprint density at radius 3 is 2.40 bits per heavy atom. The number of urea groups is 1. The lowest BCUT2D eigenvalue weighted by molar-refractivity contribution is -0.126. The highest BCUT2D eigenvalue weighted by Crippen LogP contribution is 2.17. The lowest BCUT2D eigenvalue weighted by Crippen LogP contribution is -2.51. The molecule has 136 valence electrons. The van der Waals surface area contributed by atoms with Crippen LogP contribution in [0.4, 0.5) is 4.79 Å². The summed E-state index contributed by atoms with van der Waals surface area (Å²) in [7, 11) is 0. The van der Waals surface area contributed by atoms with Gasteiger partial charge in [0.05, 0.1) is 6.54 Å². The van der Waals surface area contributed by atoms with Crippen molar-refractivity contribution in [3.8, 4) is 0 Å². The summed E-state index contributed by atoms with van der Waals surface area (Å²) in [5.41, 5.74) is 6.26. The lowest BCUT2D eigenvalue weighted by atomic mass is 9.96. The van der Waals surface area contributed by atoms with E-state index in [4.69, 9.17) is 5.73 Å². The first kappa shape index (κ1) is 18.8. The third-order valence-corrected chi connectivity index (χ3v) is 4.31. The minimum Gasteiger partial charge on any atom is -0.368 e. The number of benzene rings is 1. The van der Waals surface area contributed by atoms with Crippen LogP contribution in [0.3, 0.4) is 0 Å². The van der Waals surface area contributed by atoms with E-state index < -0.39 is 17.9 Å². The Balaban J connectivity index is 1.74. The van der Waals surface area contributed by atoms with Crippen LogP contribution in [0, 0.1) is 0 Å². The fraction of sp³-hybridized carbons (Fsp3) is 0.500. The Morgan fingerprint density at radius 1 is 1.08 bits per heavy atom. The maximum atomic E-state index is 12.0. The molecule has 0 bridgehead atoms. The zero-order valence-electron chi connectivity index (χ0n) is 14.3. The van der Waals surface area contributed by atoms with Gasteiger partial charge in [0.1, 0.15) is 6.04 Å². The predicted octanol–water partition coefficient (Wildman–Crippen LogP) is 0.831. The van der Waals surface area contributed by atoms with Crippen molar-refractivity contribution in [1.82, 2.24) is 16.0 Å². The Morgan fingerprint density at radius 2 is 1.76 bits per heavy atom. The maximum absolute atomic E-state index is 12.0. The van der Waals surface area contributed by atoms with Gasteiger partial charge in [-0.15, -0.1) is 0 Å². The van der Waals surface area contributed by atoms with Crippen LogP contribution in [-0.4, -0.2) is 36.5 Å². The average molecular weight is 346 g/mol. The van der Waals surface area contributed by atoms with E-state index in [1.807, 2.05) is 30.3 Å². The van der Waals surface area contributed by atoms with E-state index in [0.29, 0.717) is 6.42 Å². The van der Waals surface area contributed by atoms with Gasteiger partial charge in [0.25, 0.3) is 0 Å². The number of nitrogens with one attached hydrogen (secondary N) is 3. The molecule has 0 aromatic heterocycles. The third kappa shape index (κ3) is 6.82. The SMILES string of the molecule is NC(=O)[C@H](Cc1ccccc1)NC(=O)CNC(=O)NC1CCCCC1. The molecule has 1 aromatic rings. The number of amides is 4. The molecule has 1 atom stereocenters. The number of hydrogen-bond donors (Lipinski definition) is 4. The lowest BCUT2D eigenvalue weighted by Gasteiger charge is -2.23. The fourth-order valence-corrected chi connectivity index (χ4v) is 2.96. The largest absolute Gasteiger partial charge is 0.368 e. The number of hydrogen-bond acceptors (Lipinski definition) is 3. The molecule has 1 saturated carbocycles. The minimum atomic E-state index is -0.807. The van der Waals surface area contributed by atoms with Crippen molar-refractivity contribution in [2.45, 2.75) is 50.6 Å². The van der Waals surface area contributed by atoms with E-state index in [2.05, 4.69) is 16.0 Å². The molecule has 2 rings (SSSR count). The van der Waals surface area contributed by atoms with E-state index in [1.165, 1.54) is 6.42 Å². The van der Waals surface area contributed by atoms with Crippen molar-refractivity contribution < 1.29 is 14.4 Å². The minimum absolute atomic E-state index is 0.174. The van der Waals surface area contributed by atoms with Gasteiger partial charge >= 0.3 is 6.03 Å². The van der Waals surface area contributed by atoms with Crippen molar-refractivity contribution >= 4 is 17.8 Å². The van der Waals surface area contributed by atoms with Crippen LogP contribution in [0.1, 0.15) is 37.7 Å². The normalized spacial score (nSPS) is 15.8. The van der Waals surface area contributed by atoms with Gasteiger partial charge in [-0.1, -0.05) is 49.6 Å². The molecule has 0 unspecified atom stereocenters. The number of nitrogens with two attached hydrogens (primary N) is 1. The smallest absolute Gasteiger partial charge is 0.315 e. The molecule has 1 aromatic carbocycles. The first-order valence-corrected chi connectivity index (χ1v) is 8.71. The Hall–Kier alpha value is -2.57. The van der Waals surface area contributed by atoms with Crippen LogP contribution in [0.5, 0.6) is 0 Å². The van der Waals surface area contributed by atoms with Crippen LogP contribution in [0.15, 0.2) is 30.3 Å². The predicted molar refractivity (Wildman–Crippen MR) is 94.7 cm³/mol. The second-order valence-corrected chi connectivity index (χ2v) is 6.37. The van der Waals surface area contributed by atoms with Crippen LogP contribution in [0.2, 0.25) is 0 Å². The summed E-state index contributed by atoms with van der Waals surface area (Å²) in [5.74, 6) is -1.05. The summed E-state index contributed by atoms with van der Waals surface area (Å²) in [6.07, 6.45) is 5.70. The van der Waals surface area contributed by atoms with E-state index in [-0.39, 0.29) is 18.6 Å². The van der Waals surface area contributed by atoms with E-state index in [9.17, 15) is 14.4 Å². The molecule has 1 aliphatic carbocycles. The Bertz CT molecular complexity index is 585. The quantitative estimate of drug-likeness (QED) is 0.586. The van der Waals surface area contributed by atoms with Gasteiger partial charge in [0, 0.05) is 12.5 Å². The number of primary amides is 1. The van der Waals surface area contributed by atoms with Crippen molar-refractivity contribution in [3.05, 3.63) is 35.9 Å². The summed E-state index contributed by atoms with van der Waals surface area (Å²) < 4.78 is 0. The molecule has 25 heavy (non-hydrogen) atoms. The highest BCUT2D eigenvalue weighted by Gasteiger charge is 2.20. The summed E-state index contributed by atoms with van der Waals surface area (Å²) in [5, 5.41) is 7.96. The van der Waals surface area contributed by atoms with Gasteiger partial charge in [-0.05, 0) is 18.4 Å². The summed E-state index contributed by atoms with van der Waals surface area (Å²) in [6.45, 7) is -0.197. The standard InChI is InChI=1S/C18H26N4O3/c19-17(24)15(11-13-7-3-1-4-8-13)22-16(23)12-20-18(25)21-14-9-5-2-6-10-14/h1,3-4,7-8,14-15H,2,5-6,9-12H2,(H2,19,24)(H,22,23)(H2,20,21,25)/t15-/m0/s1. The molecule has 0 aliphatic heterocycles. The molecule has 0 heterocycles. The molecule has 1 aliphatic rings. The van der Waals surface area contributed by atoms with Gasteiger partial charge in [-0.3, -0.25) is 9.59 Å². The monoisotopic (exact) mass is 346 g/mol. The molecular formula is C18H26N4O3. The van der Waals surface area contributed by atoms with Crippen molar-refractivity contribution in [2.75, 3.05) is 6.54 Å². The van der Waals surface area contributed by atoms with E-state index in [1.54, 1.807) is 0 Å². The van der Waals surface area contributed by atoms with Gasteiger partial charge in [0.2, 0.25) is 11.8 Å². The van der Waals surface area contributed by atoms with Crippen molar-refractivity contribution in [3.63, 3.8) is 0 Å². The highest BCUT2D eigenvalue weighted by molar-refractivity contribution is 5.89. The maximum Gasteiger partial charge on any atom is 0.315 e. The van der Waals surface area contributed by atoms with Crippen LogP contribution >= 0.6 is 0 Å². The van der Waals surface area contributed by atoms with Crippen LogP contribution < -0.4 is 21.7 Å². The highest BCUT2D eigenvalue weighted by atomic mass is 16.2. The van der Waals surface area contributed by atoms with Gasteiger partial charge in [-0.25, -0.2) is 4.79 Å². The van der Waals surface area contributed by atoms with Crippen LogP contribution in [0.25, 0.3) is 0 Å².